The van der Waals surface area contributed by atoms with E-state index in [1.807, 2.05) is 0 Å². The van der Waals surface area contributed by atoms with Crippen molar-refractivity contribution in [1.82, 2.24) is 4.57 Å². The van der Waals surface area contributed by atoms with Gasteiger partial charge < -0.3 is 9.30 Å². The van der Waals surface area contributed by atoms with Crippen molar-refractivity contribution in [3.63, 3.8) is 0 Å². The Kier molecular flexibility index (Phi) is 4.75. The van der Waals surface area contributed by atoms with E-state index in [9.17, 15) is 24.1 Å². The summed E-state index contributed by atoms with van der Waals surface area (Å²) < 4.78 is 19.2. The highest BCUT2D eigenvalue weighted by molar-refractivity contribution is 6.31. The van der Waals surface area contributed by atoms with E-state index in [0.29, 0.717) is 0 Å². The van der Waals surface area contributed by atoms with Crippen molar-refractivity contribution in [3.8, 4) is 0 Å². The molecule has 0 radical (unpaired) electrons. The zero-order valence-corrected chi connectivity index (χ0v) is 12.5. The smallest absolute Gasteiger partial charge is 0.339 e. The minimum Gasteiger partial charge on any atom is -0.465 e. The highest BCUT2D eigenvalue weighted by atomic mass is 35.5. The fraction of sp³-hybridized carbons (Fsp3) is 0.143. The predicted octanol–water partition coefficient (Wildman–Crippen LogP) is 2.38. The molecular weight excluding hydrogens is 331 g/mol. The number of ether oxygens (including phenoxy) is 1. The van der Waals surface area contributed by atoms with E-state index in [1.165, 1.54) is 12.1 Å². The number of nitrogens with zero attached hydrogens (tertiary/aromatic N) is 2. The fourth-order valence-corrected chi connectivity index (χ4v) is 2.17. The van der Waals surface area contributed by atoms with Crippen LogP contribution in [0.25, 0.3) is 0 Å². The number of aromatic nitrogens is 1. The summed E-state index contributed by atoms with van der Waals surface area (Å²) >= 11 is 5.88. The topological polar surface area (TPSA) is 91.4 Å². The van der Waals surface area contributed by atoms with Crippen LogP contribution in [0.1, 0.15) is 15.9 Å². The normalized spacial score (nSPS) is 10.4. The van der Waals surface area contributed by atoms with Crippen molar-refractivity contribution in [2.75, 3.05) is 7.11 Å². The van der Waals surface area contributed by atoms with Gasteiger partial charge in [-0.3, -0.25) is 14.9 Å². The Morgan fingerprint density at radius 2 is 2.17 bits per heavy atom. The minimum atomic E-state index is -0.984. The van der Waals surface area contributed by atoms with Crippen molar-refractivity contribution < 1.29 is 18.8 Å². The molecule has 2 aromatic rings. The van der Waals surface area contributed by atoms with Crippen LogP contribution in [0, 0.1) is 15.9 Å². The number of carbonyl (C=O) groups is 1. The average molecular weight is 341 g/mol. The van der Waals surface area contributed by atoms with Crippen LogP contribution in [0.3, 0.4) is 0 Å². The van der Waals surface area contributed by atoms with Crippen LogP contribution >= 0.6 is 11.6 Å². The SMILES string of the molecule is COC(=O)c1cc([N+](=O)[O-])c(=O)n(Cc2c(F)cccc2Cl)c1. The third kappa shape index (κ3) is 3.37. The van der Waals surface area contributed by atoms with Crippen LogP contribution < -0.4 is 5.56 Å². The summed E-state index contributed by atoms with van der Waals surface area (Å²) in [6.07, 6.45) is 1.06. The second-order valence-electron chi connectivity index (χ2n) is 4.50. The zero-order valence-electron chi connectivity index (χ0n) is 11.8. The predicted molar refractivity (Wildman–Crippen MR) is 79.2 cm³/mol. The molecule has 0 saturated carbocycles. The second-order valence-corrected chi connectivity index (χ2v) is 4.90. The molecule has 0 saturated heterocycles. The molecule has 0 aliphatic rings. The van der Waals surface area contributed by atoms with Gasteiger partial charge in [0.25, 0.3) is 0 Å². The second kappa shape index (κ2) is 6.57. The highest BCUT2D eigenvalue weighted by Crippen LogP contribution is 2.20. The molecule has 120 valence electrons. The molecule has 0 atom stereocenters. The van der Waals surface area contributed by atoms with Crippen molar-refractivity contribution in [2.45, 2.75) is 6.54 Å². The summed E-state index contributed by atoms with van der Waals surface area (Å²) in [7, 11) is 1.09. The van der Waals surface area contributed by atoms with E-state index in [-0.39, 0.29) is 22.7 Å². The molecule has 1 aromatic heterocycles. The number of benzene rings is 1. The van der Waals surface area contributed by atoms with Gasteiger partial charge in [-0.1, -0.05) is 17.7 Å². The molecule has 0 fully saturated rings. The maximum Gasteiger partial charge on any atom is 0.339 e. The maximum atomic E-state index is 13.8. The van der Waals surface area contributed by atoms with E-state index in [1.54, 1.807) is 0 Å². The molecule has 0 amide bonds. The molecule has 0 N–H and O–H groups in total. The van der Waals surface area contributed by atoms with Gasteiger partial charge in [0.05, 0.1) is 24.1 Å². The molecule has 0 aliphatic heterocycles. The van der Waals surface area contributed by atoms with Gasteiger partial charge in [-0.05, 0) is 12.1 Å². The summed E-state index contributed by atoms with van der Waals surface area (Å²) in [5, 5.41) is 11.0. The summed E-state index contributed by atoms with van der Waals surface area (Å²) in [6.45, 7) is -0.365. The number of esters is 1. The molecule has 0 bridgehead atoms. The van der Waals surface area contributed by atoms with Crippen molar-refractivity contribution in [3.05, 3.63) is 72.9 Å². The van der Waals surface area contributed by atoms with Crippen molar-refractivity contribution in [1.29, 1.82) is 0 Å². The number of halogens is 2. The number of hydrogen-bond acceptors (Lipinski definition) is 5. The quantitative estimate of drug-likeness (QED) is 0.484. The molecule has 1 heterocycles. The summed E-state index contributed by atoms with van der Waals surface area (Å²) in [5.41, 5.74) is -2.03. The lowest BCUT2D eigenvalue weighted by Gasteiger charge is -2.10. The number of methoxy groups -OCH3 is 1. The van der Waals surface area contributed by atoms with Crippen LogP contribution in [-0.2, 0) is 11.3 Å². The van der Waals surface area contributed by atoms with Gasteiger partial charge in [-0.2, -0.15) is 0 Å². The Bertz CT molecular complexity index is 829. The van der Waals surface area contributed by atoms with E-state index in [0.717, 1.165) is 30.0 Å². The van der Waals surface area contributed by atoms with Crippen LogP contribution in [0.2, 0.25) is 5.02 Å². The molecule has 0 spiro atoms. The fourth-order valence-electron chi connectivity index (χ4n) is 1.95. The maximum absolute atomic E-state index is 13.8. The van der Waals surface area contributed by atoms with Crippen LogP contribution in [0.5, 0.6) is 0 Å². The third-order valence-corrected chi connectivity index (χ3v) is 3.43. The van der Waals surface area contributed by atoms with Gasteiger partial charge >= 0.3 is 17.2 Å². The lowest BCUT2D eigenvalue weighted by Crippen LogP contribution is -2.25. The Morgan fingerprint density at radius 3 is 2.74 bits per heavy atom. The Balaban J connectivity index is 2.62. The first-order valence-corrected chi connectivity index (χ1v) is 6.63. The monoisotopic (exact) mass is 340 g/mol. The number of pyridine rings is 1. The molecule has 1 aromatic carbocycles. The molecule has 9 heteroatoms. The van der Waals surface area contributed by atoms with Crippen LogP contribution in [0.15, 0.2) is 35.3 Å². The summed E-state index contributed by atoms with van der Waals surface area (Å²) in [6, 6.07) is 4.76. The molecular formula is C14H10ClFN2O5. The number of carbonyl (C=O) groups excluding carboxylic acids is 1. The zero-order chi connectivity index (χ0) is 17.1. The van der Waals surface area contributed by atoms with E-state index in [2.05, 4.69) is 4.74 Å². The first-order chi connectivity index (χ1) is 10.8. The lowest BCUT2D eigenvalue weighted by atomic mass is 10.2. The number of nitro groups is 1. The lowest BCUT2D eigenvalue weighted by molar-refractivity contribution is -0.386. The van der Waals surface area contributed by atoms with Gasteiger partial charge in [0.1, 0.15) is 5.82 Å². The largest absolute Gasteiger partial charge is 0.465 e. The third-order valence-electron chi connectivity index (χ3n) is 3.08. The van der Waals surface area contributed by atoms with Crippen molar-refractivity contribution in [2.24, 2.45) is 0 Å². The molecule has 0 unspecified atom stereocenters. The van der Waals surface area contributed by atoms with Gasteiger partial charge in [0.15, 0.2) is 0 Å². The molecule has 2 rings (SSSR count). The first kappa shape index (κ1) is 16.6. The summed E-state index contributed by atoms with van der Waals surface area (Å²) in [4.78, 5) is 33.7. The average Bonchev–Trinajstić information content (AvgIpc) is 2.51. The van der Waals surface area contributed by atoms with Gasteiger partial charge in [0.2, 0.25) is 0 Å². The Labute approximate surface area is 134 Å². The van der Waals surface area contributed by atoms with E-state index in [4.69, 9.17) is 11.6 Å². The molecule has 7 nitrogen and oxygen atoms in total. The van der Waals surface area contributed by atoms with Crippen LogP contribution in [-0.4, -0.2) is 22.6 Å². The van der Waals surface area contributed by atoms with E-state index >= 15 is 0 Å². The minimum absolute atomic E-state index is 0.0208. The first-order valence-electron chi connectivity index (χ1n) is 6.25. The van der Waals surface area contributed by atoms with Gasteiger partial charge in [0, 0.05) is 22.8 Å². The number of hydrogen-bond donors (Lipinski definition) is 0. The molecule has 0 aliphatic carbocycles. The van der Waals surface area contributed by atoms with Crippen molar-refractivity contribution >= 4 is 23.3 Å². The Morgan fingerprint density at radius 1 is 1.48 bits per heavy atom. The Hall–Kier alpha value is -2.74. The van der Waals surface area contributed by atoms with E-state index < -0.39 is 28.0 Å². The van der Waals surface area contributed by atoms with Gasteiger partial charge in [-0.15, -0.1) is 0 Å². The highest BCUT2D eigenvalue weighted by Gasteiger charge is 2.21. The molecule has 23 heavy (non-hydrogen) atoms. The van der Waals surface area contributed by atoms with Crippen LogP contribution in [0.4, 0.5) is 10.1 Å². The summed E-state index contributed by atoms with van der Waals surface area (Å²) in [5.74, 6) is -1.53. The number of rotatable bonds is 4. The standard InChI is InChI=1S/C14H10ClFN2O5/c1-23-14(20)8-5-12(18(21)22)13(19)17(6-8)7-9-10(15)3-2-4-11(9)16/h2-6H,7H2,1H3. The van der Waals surface area contributed by atoms with Gasteiger partial charge in [-0.25, -0.2) is 9.18 Å².